The molecule has 1 heterocycles. The van der Waals surface area contributed by atoms with Crippen molar-refractivity contribution in [1.82, 2.24) is 10.6 Å². The lowest BCUT2D eigenvalue weighted by atomic mass is 10.0. The summed E-state index contributed by atoms with van der Waals surface area (Å²) in [4.78, 5) is 12.0. The molecular formula is C15H23ClN2O2. The van der Waals surface area contributed by atoms with Crippen molar-refractivity contribution < 1.29 is 9.53 Å². The van der Waals surface area contributed by atoms with Gasteiger partial charge in [-0.05, 0) is 30.5 Å². The lowest BCUT2D eigenvalue weighted by molar-refractivity contribution is -0.123. The van der Waals surface area contributed by atoms with Gasteiger partial charge in [-0.2, -0.15) is 0 Å². The Kier molecular flexibility index (Phi) is 7.59. The predicted molar refractivity (Wildman–Crippen MR) is 81.9 cm³/mol. The van der Waals surface area contributed by atoms with E-state index in [2.05, 4.69) is 10.6 Å². The number of amides is 1. The normalized spacial score (nSPS) is 18.1. The smallest absolute Gasteiger partial charge is 0.237 e. The van der Waals surface area contributed by atoms with E-state index in [-0.39, 0.29) is 24.4 Å². The Morgan fingerprint density at radius 2 is 2.10 bits per heavy atom. The highest BCUT2D eigenvalue weighted by Gasteiger charge is 2.20. The monoisotopic (exact) mass is 298 g/mol. The molecule has 20 heavy (non-hydrogen) atoms. The van der Waals surface area contributed by atoms with E-state index in [1.807, 2.05) is 24.3 Å². The van der Waals surface area contributed by atoms with E-state index >= 15 is 0 Å². The molecule has 1 fully saturated rings. The molecule has 1 aliphatic rings. The van der Waals surface area contributed by atoms with E-state index in [0.29, 0.717) is 13.2 Å². The molecule has 112 valence electrons. The van der Waals surface area contributed by atoms with Crippen molar-refractivity contribution in [2.75, 3.05) is 13.7 Å². The number of ether oxygens (including phenoxy) is 1. The molecule has 5 heteroatoms. The molecule has 1 aromatic carbocycles. The third-order valence-electron chi connectivity index (χ3n) is 3.50. The topological polar surface area (TPSA) is 50.4 Å². The van der Waals surface area contributed by atoms with Gasteiger partial charge in [0.25, 0.3) is 0 Å². The van der Waals surface area contributed by atoms with Crippen LogP contribution >= 0.6 is 12.4 Å². The van der Waals surface area contributed by atoms with Crippen molar-refractivity contribution in [3.05, 3.63) is 35.4 Å². The minimum Gasteiger partial charge on any atom is -0.380 e. The summed E-state index contributed by atoms with van der Waals surface area (Å²) in [7, 11) is 1.68. The fraction of sp³-hybridized carbons (Fsp3) is 0.533. The van der Waals surface area contributed by atoms with Crippen LogP contribution in [0, 0.1) is 0 Å². The number of nitrogens with one attached hydrogen (secondary N) is 2. The summed E-state index contributed by atoms with van der Waals surface area (Å²) < 4.78 is 5.17. The molecular weight excluding hydrogens is 276 g/mol. The largest absolute Gasteiger partial charge is 0.380 e. The van der Waals surface area contributed by atoms with Gasteiger partial charge in [-0.3, -0.25) is 4.79 Å². The molecule has 0 bridgehead atoms. The second-order valence-corrected chi connectivity index (χ2v) is 4.92. The summed E-state index contributed by atoms with van der Waals surface area (Å²) >= 11 is 0. The Morgan fingerprint density at radius 1 is 1.35 bits per heavy atom. The van der Waals surface area contributed by atoms with E-state index in [0.717, 1.165) is 30.5 Å². The van der Waals surface area contributed by atoms with Crippen LogP contribution < -0.4 is 10.6 Å². The molecule has 1 amide bonds. The molecule has 0 aliphatic carbocycles. The number of rotatable bonds is 5. The van der Waals surface area contributed by atoms with E-state index in [1.165, 1.54) is 6.42 Å². The van der Waals surface area contributed by atoms with Gasteiger partial charge in [0.2, 0.25) is 5.91 Å². The van der Waals surface area contributed by atoms with Gasteiger partial charge in [0.05, 0.1) is 12.6 Å². The maximum Gasteiger partial charge on any atom is 0.237 e. The third kappa shape index (κ3) is 4.78. The Morgan fingerprint density at radius 3 is 2.75 bits per heavy atom. The zero-order valence-corrected chi connectivity index (χ0v) is 12.7. The first-order valence-electron chi connectivity index (χ1n) is 6.88. The summed E-state index contributed by atoms with van der Waals surface area (Å²) in [6, 6.07) is 8.01. The van der Waals surface area contributed by atoms with Crippen LogP contribution in [0.2, 0.25) is 0 Å². The quantitative estimate of drug-likeness (QED) is 0.874. The highest BCUT2D eigenvalue weighted by molar-refractivity contribution is 5.85. The maximum atomic E-state index is 12.0. The molecule has 1 atom stereocenters. The molecule has 2 rings (SSSR count). The van der Waals surface area contributed by atoms with Crippen molar-refractivity contribution in [3.63, 3.8) is 0 Å². The number of hydrogen-bond donors (Lipinski definition) is 2. The van der Waals surface area contributed by atoms with E-state index in [1.54, 1.807) is 7.11 Å². The fourth-order valence-electron chi connectivity index (χ4n) is 2.41. The van der Waals surface area contributed by atoms with Gasteiger partial charge >= 0.3 is 0 Å². The van der Waals surface area contributed by atoms with Crippen molar-refractivity contribution >= 4 is 18.3 Å². The van der Waals surface area contributed by atoms with Gasteiger partial charge in [0.1, 0.15) is 0 Å². The predicted octanol–water partition coefficient (Wildman–Crippen LogP) is 2.01. The third-order valence-corrected chi connectivity index (χ3v) is 3.50. The average molecular weight is 299 g/mol. The first-order chi connectivity index (χ1) is 9.31. The van der Waals surface area contributed by atoms with Crippen molar-refractivity contribution in [2.45, 2.75) is 38.5 Å². The Balaban J connectivity index is 0.00000200. The molecule has 1 aliphatic heterocycles. The zero-order valence-electron chi connectivity index (χ0n) is 11.9. The minimum absolute atomic E-state index is 0. The second-order valence-electron chi connectivity index (χ2n) is 4.92. The molecule has 0 radical (unpaired) electrons. The second kappa shape index (κ2) is 8.95. The number of benzene rings is 1. The molecule has 4 nitrogen and oxygen atoms in total. The van der Waals surface area contributed by atoms with Crippen LogP contribution in [-0.2, 0) is 22.7 Å². The highest BCUT2D eigenvalue weighted by Crippen LogP contribution is 2.11. The van der Waals surface area contributed by atoms with Crippen LogP contribution in [0.15, 0.2) is 24.3 Å². The first-order valence-corrected chi connectivity index (χ1v) is 6.88. The summed E-state index contributed by atoms with van der Waals surface area (Å²) in [6.07, 6.45) is 3.23. The van der Waals surface area contributed by atoms with Crippen LogP contribution in [0.25, 0.3) is 0 Å². The standard InChI is InChI=1S/C15H22N2O2.ClH/c1-19-11-13-7-3-2-6-12(13)10-17-15(18)14-8-4-5-9-16-14;/h2-3,6-7,14,16H,4-5,8-11H2,1H3,(H,17,18);1H/t14-;/m1./s1. The van der Waals surface area contributed by atoms with Crippen molar-refractivity contribution in [3.8, 4) is 0 Å². The van der Waals surface area contributed by atoms with E-state index in [4.69, 9.17) is 4.74 Å². The summed E-state index contributed by atoms with van der Waals surface area (Å²) in [6.45, 7) is 2.09. The minimum atomic E-state index is -0.0247. The average Bonchev–Trinajstić information content (AvgIpc) is 2.47. The molecule has 1 aromatic rings. The molecule has 2 N–H and O–H groups in total. The van der Waals surface area contributed by atoms with Crippen LogP contribution in [0.1, 0.15) is 30.4 Å². The number of carbonyl (C=O) groups excluding carboxylic acids is 1. The summed E-state index contributed by atoms with van der Waals surface area (Å²) in [5.74, 6) is 0.104. The van der Waals surface area contributed by atoms with Crippen LogP contribution in [0.5, 0.6) is 0 Å². The van der Waals surface area contributed by atoms with Gasteiger partial charge in [-0.25, -0.2) is 0 Å². The Bertz CT molecular complexity index is 420. The van der Waals surface area contributed by atoms with Crippen molar-refractivity contribution in [1.29, 1.82) is 0 Å². The van der Waals surface area contributed by atoms with Gasteiger partial charge < -0.3 is 15.4 Å². The van der Waals surface area contributed by atoms with Gasteiger partial charge in [0.15, 0.2) is 0 Å². The fourth-order valence-corrected chi connectivity index (χ4v) is 2.41. The summed E-state index contributed by atoms with van der Waals surface area (Å²) in [5, 5.41) is 6.27. The zero-order chi connectivity index (χ0) is 13.5. The number of carbonyl (C=O) groups is 1. The molecule has 0 unspecified atom stereocenters. The van der Waals surface area contributed by atoms with Crippen LogP contribution in [0.3, 0.4) is 0 Å². The van der Waals surface area contributed by atoms with Crippen molar-refractivity contribution in [2.24, 2.45) is 0 Å². The number of methoxy groups -OCH3 is 1. The molecule has 0 aromatic heterocycles. The number of piperidine rings is 1. The first kappa shape index (κ1) is 17.0. The van der Waals surface area contributed by atoms with Gasteiger partial charge in [-0.15, -0.1) is 12.4 Å². The Labute approximate surface area is 126 Å². The molecule has 0 saturated carbocycles. The van der Waals surface area contributed by atoms with Crippen LogP contribution in [0.4, 0.5) is 0 Å². The highest BCUT2D eigenvalue weighted by atomic mass is 35.5. The number of halogens is 1. The SMILES string of the molecule is COCc1ccccc1CNC(=O)[C@H]1CCCCN1.Cl. The number of hydrogen-bond acceptors (Lipinski definition) is 3. The van der Waals surface area contributed by atoms with Crippen LogP contribution in [-0.4, -0.2) is 25.6 Å². The summed E-state index contributed by atoms with van der Waals surface area (Å²) in [5.41, 5.74) is 2.25. The lowest BCUT2D eigenvalue weighted by Gasteiger charge is -2.22. The van der Waals surface area contributed by atoms with Gasteiger partial charge in [0, 0.05) is 13.7 Å². The Hall–Kier alpha value is -1.10. The van der Waals surface area contributed by atoms with E-state index < -0.39 is 0 Å². The molecule has 0 spiro atoms. The maximum absolute atomic E-state index is 12.0. The molecule has 1 saturated heterocycles. The van der Waals surface area contributed by atoms with Gasteiger partial charge in [-0.1, -0.05) is 30.7 Å². The lowest BCUT2D eigenvalue weighted by Crippen LogP contribution is -2.46. The van der Waals surface area contributed by atoms with E-state index in [9.17, 15) is 4.79 Å².